The van der Waals surface area contributed by atoms with Crippen LogP contribution in [-0.4, -0.2) is 40.5 Å². The Morgan fingerprint density at radius 1 is 1.11 bits per heavy atom. The minimum absolute atomic E-state index is 0.132. The molecule has 0 aromatic carbocycles. The molecular weight excluding hydrogens is 354 g/mol. The number of carbonyl (C=O) groups is 2. The fourth-order valence-corrected chi connectivity index (χ4v) is 5.50. The van der Waals surface area contributed by atoms with Gasteiger partial charge >= 0.3 is 0 Å². The Kier molecular flexibility index (Phi) is 4.68. The molecule has 2 saturated heterocycles. The molecule has 3 saturated carbocycles. The number of amides is 2. The molecule has 0 radical (unpaired) electrons. The van der Waals surface area contributed by atoms with Crippen molar-refractivity contribution in [1.82, 2.24) is 15.4 Å². The molecule has 6 heteroatoms. The molecule has 3 heterocycles. The highest BCUT2D eigenvalue weighted by molar-refractivity contribution is 5.92. The molecule has 2 bridgehead atoms. The van der Waals surface area contributed by atoms with Crippen molar-refractivity contribution in [2.75, 3.05) is 6.54 Å². The summed E-state index contributed by atoms with van der Waals surface area (Å²) in [7, 11) is 0. The van der Waals surface area contributed by atoms with E-state index in [1.54, 1.807) is 6.07 Å². The van der Waals surface area contributed by atoms with Gasteiger partial charge in [0.05, 0.1) is 0 Å². The summed E-state index contributed by atoms with van der Waals surface area (Å²) in [5.74, 6) is 2.88. The fourth-order valence-electron chi connectivity index (χ4n) is 5.50. The van der Waals surface area contributed by atoms with Crippen LogP contribution < -0.4 is 5.32 Å². The van der Waals surface area contributed by atoms with E-state index in [1.165, 1.54) is 12.8 Å². The van der Waals surface area contributed by atoms with E-state index in [0.29, 0.717) is 23.4 Å². The molecule has 0 spiro atoms. The largest absolute Gasteiger partial charge is 0.360 e. The maximum Gasteiger partial charge on any atom is 0.273 e. The number of fused-ring (bicyclic) bond motifs is 3. The van der Waals surface area contributed by atoms with Crippen LogP contribution in [0.3, 0.4) is 0 Å². The van der Waals surface area contributed by atoms with E-state index in [4.69, 9.17) is 4.52 Å². The van der Waals surface area contributed by atoms with Gasteiger partial charge in [0.2, 0.25) is 5.91 Å². The zero-order chi connectivity index (χ0) is 19.3. The number of rotatable bonds is 4. The van der Waals surface area contributed by atoms with Gasteiger partial charge in [-0.1, -0.05) is 12.1 Å². The van der Waals surface area contributed by atoms with Crippen molar-refractivity contribution in [3.8, 4) is 0 Å². The number of carbonyl (C=O) groups excluding carboxylic acids is 2. The zero-order valence-electron chi connectivity index (χ0n) is 16.7. The van der Waals surface area contributed by atoms with Crippen molar-refractivity contribution >= 4 is 11.8 Å². The van der Waals surface area contributed by atoms with Gasteiger partial charge < -0.3 is 14.7 Å². The lowest BCUT2D eigenvalue weighted by molar-refractivity contribution is -0.145. The number of hydrogen-bond donors (Lipinski definition) is 1. The lowest BCUT2D eigenvalue weighted by atomic mass is 9.74. The van der Waals surface area contributed by atoms with Gasteiger partial charge in [0.15, 0.2) is 5.69 Å². The Balaban J connectivity index is 1.19. The summed E-state index contributed by atoms with van der Waals surface area (Å²) >= 11 is 0. The molecule has 6 rings (SSSR count). The van der Waals surface area contributed by atoms with Crippen molar-refractivity contribution in [2.45, 2.75) is 82.7 Å². The van der Waals surface area contributed by atoms with Crippen LogP contribution in [0.4, 0.5) is 0 Å². The average molecular weight is 386 g/mol. The van der Waals surface area contributed by atoms with Gasteiger partial charge in [-0.3, -0.25) is 9.59 Å². The van der Waals surface area contributed by atoms with Gasteiger partial charge in [-0.2, -0.15) is 0 Å². The third kappa shape index (κ3) is 3.46. The van der Waals surface area contributed by atoms with Crippen LogP contribution in [0.1, 0.15) is 86.9 Å². The normalized spacial score (nSPS) is 35.0. The Hall–Kier alpha value is -1.85. The standard InChI is InChI=1S/C22H31N3O3/c1-13-2-4-15(5-3-13)22(27)25-12-16-8-9-17(25)10-18(16)23-21(26)19-11-20(28-24-19)14-6-7-14/h11,13-18H,2-10,12H2,1H3,(H,23,26). The van der Waals surface area contributed by atoms with Gasteiger partial charge in [-0.05, 0) is 69.6 Å². The van der Waals surface area contributed by atoms with E-state index < -0.39 is 0 Å². The second-order valence-corrected chi connectivity index (χ2v) is 9.64. The molecule has 1 N–H and O–H groups in total. The third-order valence-electron chi connectivity index (χ3n) is 7.54. The smallest absolute Gasteiger partial charge is 0.273 e. The Morgan fingerprint density at radius 3 is 2.57 bits per heavy atom. The Morgan fingerprint density at radius 2 is 1.89 bits per heavy atom. The number of nitrogens with zero attached hydrogens (tertiary/aromatic N) is 2. The second kappa shape index (κ2) is 7.20. The molecule has 5 fully saturated rings. The molecule has 2 amide bonds. The minimum atomic E-state index is -0.132. The van der Waals surface area contributed by atoms with Crippen LogP contribution in [-0.2, 0) is 4.79 Å². The summed E-state index contributed by atoms with van der Waals surface area (Å²) in [4.78, 5) is 27.9. The van der Waals surface area contributed by atoms with Crippen LogP contribution in [0, 0.1) is 17.8 Å². The lowest BCUT2D eigenvalue weighted by Crippen LogP contribution is -2.61. The quantitative estimate of drug-likeness (QED) is 0.861. The number of piperidine rings is 2. The molecule has 152 valence electrons. The zero-order valence-corrected chi connectivity index (χ0v) is 16.7. The Labute approximate surface area is 166 Å². The first-order chi connectivity index (χ1) is 13.6. The number of aromatic nitrogens is 1. The highest BCUT2D eigenvalue weighted by Gasteiger charge is 2.44. The summed E-state index contributed by atoms with van der Waals surface area (Å²) < 4.78 is 5.32. The number of nitrogens with one attached hydrogen (secondary N) is 1. The fraction of sp³-hybridized carbons (Fsp3) is 0.773. The first-order valence-corrected chi connectivity index (χ1v) is 11.2. The molecule has 3 atom stereocenters. The van der Waals surface area contributed by atoms with Crippen molar-refractivity contribution < 1.29 is 14.1 Å². The van der Waals surface area contributed by atoms with E-state index in [0.717, 1.165) is 63.2 Å². The van der Waals surface area contributed by atoms with E-state index in [-0.39, 0.29) is 23.9 Å². The van der Waals surface area contributed by atoms with E-state index in [1.807, 2.05) is 0 Å². The molecule has 3 unspecified atom stereocenters. The van der Waals surface area contributed by atoms with Crippen molar-refractivity contribution in [3.63, 3.8) is 0 Å². The topological polar surface area (TPSA) is 75.4 Å². The third-order valence-corrected chi connectivity index (χ3v) is 7.54. The highest BCUT2D eigenvalue weighted by atomic mass is 16.5. The summed E-state index contributed by atoms with van der Waals surface area (Å²) in [5, 5.41) is 7.15. The van der Waals surface area contributed by atoms with Gasteiger partial charge in [-0.25, -0.2) is 0 Å². The van der Waals surface area contributed by atoms with Gasteiger partial charge in [0.1, 0.15) is 5.76 Å². The van der Waals surface area contributed by atoms with Gasteiger partial charge in [0, 0.05) is 36.5 Å². The maximum atomic E-state index is 13.1. The van der Waals surface area contributed by atoms with Crippen LogP contribution in [0.15, 0.2) is 10.6 Å². The SMILES string of the molecule is CC1CCC(C(=O)N2CC3CCC2CC3NC(=O)c2cc(C3CC3)on2)CC1. The molecule has 6 nitrogen and oxygen atoms in total. The van der Waals surface area contributed by atoms with Crippen LogP contribution in [0.2, 0.25) is 0 Å². The highest BCUT2D eigenvalue weighted by Crippen LogP contribution is 2.41. The van der Waals surface area contributed by atoms with E-state index >= 15 is 0 Å². The minimum Gasteiger partial charge on any atom is -0.360 e. The van der Waals surface area contributed by atoms with E-state index in [2.05, 4.69) is 22.3 Å². The van der Waals surface area contributed by atoms with Gasteiger partial charge in [-0.15, -0.1) is 0 Å². The summed E-state index contributed by atoms with van der Waals surface area (Å²) in [6, 6.07) is 2.22. The van der Waals surface area contributed by atoms with Crippen molar-refractivity contribution in [1.29, 1.82) is 0 Å². The molecule has 1 aromatic rings. The number of hydrogen-bond acceptors (Lipinski definition) is 4. The predicted molar refractivity (Wildman–Crippen MR) is 104 cm³/mol. The monoisotopic (exact) mass is 385 g/mol. The predicted octanol–water partition coefficient (Wildman–Crippen LogP) is 3.49. The molecule has 28 heavy (non-hydrogen) atoms. The maximum absolute atomic E-state index is 13.1. The molecule has 1 aromatic heterocycles. The molecular formula is C22H31N3O3. The van der Waals surface area contributed by atoms with Gasteiger partial charge in [0.25, 0.3) is 5.91 Å². The Bertz CT molecular complexity index is 748. The second-order valence-electron chi connectivity index (χ2n) is 9.64. The summed E-state index contributed by atoms with van der Waals surface area (Å²) in [6.45, 7) is 3.09. The first kappa shape index (κ1) is 18.2. The van der Waals surface area contributed by atoms with Crippen molar-refractivity contribution in [2.24, 2.45) is 17.8 Å². The average Bonchev–Trinajstić information content (AvgIpc) is 3.45. The van der Waals surface area contributed by atoms with Crippen LogP contribution in [0.25, 0.3) is 0 Å². The summed E-state index contributed by atoms with van der Waals surface area (Å²) in [5.41, 5.74) is 0.396. The van der Waals surface area contributed by atoms with Crippen LogP contribution >= 0.6 is 0 Å². The molecule has 2 aliphatic heterocycles. The molecule has 5 aliphatic rings. The van der Waals surface area contributed by atoms with E-state index in [9.17, 15) is 9.59 Å². The van der Waals surface area contributed by atoms with Crippen LogP contribution in [0.5, 0.6) is 0 Å². The summed E-state index contributed by atoms with van der Waals surface area (Å²) in [6.07, 6.45) is 9.74. The van der Waals surface area contributed by atoms with Crippen molar-refractivity contribution in [3.05, 3.63) is 17.5 Å². The first-order valence-electron chi connectivity index (χ1n) is 11.2. The molecule has 3 aliphatic carbocycles. The lowest BCUT2D eigenvalue weighted by Gasteiger charge is -2.50.